The van der Waals surface area contributed by atoms with Crippen molar-refractivity contribution in [1.29, 1.82) is 0 Å². The molecule has 3 rings (SSSR count). The Bertz CT molecular complexity index is 536. The molecule has 0 amide bonds. The Kier molecular flexibility index (Phi) is 3.63. The average molecular weight is 251 g/mol. The fourth-order valence-electron chi connectivity index (χ4n) is 3.03. The first kappa shape index (κ1) is 12.4. The maximum Gasteiger partial charge on any atom is 0.0704 e. The van der Waals surface area contributed by atoms with Gasteiger partial charge < -0.3 is 0 Å². The van der Waals surface area contributed by atoms with Gasteiger partial charge in [0.2, 0.25) is 0 Å². The lowest BCUT2D eigenvalue weighted by Gasteiger charge is -2.11. The zero-order chi connectivity index (χ0) is 13.1. The molecule has 1 heteroatoms. The van der Waals surface area contributed by atoms with Crippen LogP contribution < -0.4 is 0 Å². The topological polar surface area (TPSA) is 12.9 Å². The van der Waals surface area contributed by atoms with Crippen LogP contribution >= 0.6 is 0 Å². The summed E-state index contributed by atoms with van der Waals surface area (Å²) in [6.45, 7) is 2.19. The van der Waals surface area contributed by atoms with Gasteiger partial charge in [-0.25, -0.2) is 0 Å². The SMILES string of the molecule is CCc1ccc(-c2cc(C3CCCC3)ccn2)cc1. The third kappa shape index (κ3) is 2.70. The maximum atomic E-state index is 4.54. The predicted molar refractivity (Wildman–Crippen MR) is 80.3 cm³/mol. The van der Waals surface area contributed by atoms with Gasteiger partial charge in [-0.3, -0.25) is 4.98 Å². The summed E-state index contributed by atoms with van der Waals surface area (Å²) in [6, 6.07) is 13.3. The van der Waals surface area contributed by atoms with Gasteiger partial charge in [-0.15, -0.1) is 0 Å². The van der Waals surface area contributed by atoms with Crippen molar-refractivity contribution in [1.82, 2.24) is 4.98 Å². The van der Waals surface area contributed by atoms with Crippen LogP contribution in [-0.2, 0) is 6.42 Å². The van der Waals surface area contributed by atoms with Crippen molar-refractivity contribution in [3.8, 4) is 11.3 Å². The number of hydrogen-bond acceptors (Lipinski definition) is 1. The van der Waals surface area contributed by atoms with Gasteiger partial charge in [0.15, 0.2) is 0 Å². The first-order valence-corrected chi connectivity index (χ1v) is 7.42. The van der Waals surface area contributed by atoms with Crippen molar-refractivity contribution in [2.24, 2.45) is 0 Å². The van der Waals surface area contributed by atoms with Gasteiger partial charge >= 0.3 is 0 Å². The van der Waals surface area contributed by atoms with E-state index < -0.39 is 0 Å². The van der Waals surface area contributed by atoms with Crippen LogP contribution in [0.25, 0.3) is 11.3 Å². The molecular formula is C18H21N. The van der Waals surface area contributed by atoms with Gasteiger partial charge in [0.1, 0.15) is 0 Å². The van der Waals surface area contributed by atoms with Gasteiger partial charge in [-0.1, -0.05) is 44.0 Å². The van der Waals surface area contributed by atoms with Gasteiger partial charge in [-0.05, 0) is 48.4 Å². The molecule has 0 radical (unpaired) electrons. The van der Waals surface area contributed by atoms with Crippen LogP contribution in [0.1, 0.15) is 49.7 Å². The number of aryl methyl sites for hydroxylation is 1. The van der Waals surface area contributed by atoms with Crippen molar-refractivity contribution in [2.75, 3.05) is 0 Å². The zero-order valence-electron chi connectivity index (χ0n) is 11.6. The second-order valence-corrected chi connectivity index (χ2v) is 5.51. The van der Waals surface area contributed by atoms with E-state index in [1.165, 1.54) is 42.4 Å². The lowest BCUT2D eigenvalue weighted by atomic mass is 9.96. The highest BCUT2D eigenvalue weighted by molar-refractivity contribution is 5.60. The largest absolute Gasteiger partial charge is 0.256 e. The van der Waals surface area contributed by atoms with E-state index in [2.05, 4.69) is 48.3 Å². The molecule has 0 bridgehead atoms. The summed E-state index contributed by atoms with van der Waals surface area (Å²) in [5.41, 5.74) is 5.21. The second-order valence-electron chi connectivity index (χ2n) is 5.51. The fourth-order valence-corrected chi connectivity index (χ4v) is 3.03. The predicted octanol–water partition coefficient (Wildman–Crippen LogP) is 4.97. The highest BCUT2D eigenvalue weighted by Gasteiger charge is 2.17. The Morgan fingerprint density at radius 3 is 2.47 bits per heavy atom. The lowest BCUT2D eigenvalue weighted by Crippen LogP contribution is -1.94. The number of pyridine rings is 1. The van der Waals surface area contributed by atoms with Crippen molar-refractivity contribution < 1.29 is 0 Å². The molecular weight excluding hydrogens is 230 g/mol. The van der Waals surface area contributed by atoms with Crippen LogP contribution in [0.2, 0.25) is 0 Å². The molecule has 0 unspecified atom stereocenters. The smallest absolute Gasteiger partial charge is 0.0704 e. The van der Waals surface area contributed by atoms with E-state index >= 15 is 0 Å². The maximum absolute atomic E-state index is 4.54. The molecule has 98 valence electrons. The van der Waals surface area contributed by atoms with Gasteiger partial charge in [0, 0.05) is 11.8 Å². The molecule has 0 N–H and O–H groups in total. The van der Waals surface area contributed by atoms with Crippen LogP contribution in [0.3, 0.4) is 0 Å². The van der Waals surface area contributed by atoms with Crippen LogP contribution in [0.4, 0.5) is 0 Å². The normalized spacial score (nSPS) is 15.8. The molecule has 1 fully saturated rings. The van der Waals surface area contributed by atoms with E-state index in [-0.39, 0.29) is 0 Å². The molecule has 1 nitrogen and oxygen atoms in total. The minimum atomic E-state index is 0.761. The Labute approximate surface area is 115 Å². The number of nitrogens with zero attached hydrogens (tertiary/aromatic N) is 1. The summed E-state index contributed by atoms with van der Waals surface area (Å²) in [4.78, 5) is 4.54. The number of benzene rings is 1. The first-order valence-electron chi connectivity index (χ1n) is 7.42. The molecule has 0 saturated heterocycles. The summed E-state index contributed by atoms with van der Waals surface area (Å²) < 4.78 is 0. The average Bonchev–Trinajstić information content (AvgIpc) is 3.02. The third-order valence-corrected chi connectivity index (χ3v) is 4.27. The minimum Gasteiger partial charge on any atom is -0.256 e. The minimum absolute atomic E-state index is 0.761. The van der Waals surface area contributed by atoms with Crippen LogP contribution in [0, 0.1) is 0 Å². The highest BCUT2D eigenvalue weighted by Crippen LogP contribution is 2.35. The third-order valence-electron chi connectivity index (χ3n) is 4.27. The lowest BCUT2D eigenvalue weighted by molar-refractivity contribution is 0.722. The summed E-state index contributed by atoms with van der Waals surface area (Å²) in [6.07, 6.45) is 8.52. The van der Waals surface area contributed by atoms with E-state index in [1.807, 2.05) is 6.20 Å². The van der Waals surface area contributed by atoms with Crippen LogP contribution in [-0.4, -0.2) is 4.98 Å². The molecule has 0 aliphatic heterocycles. The molecule has 1 aromatic carbocycles. The summed E-state index contributed by atoms with van der Waals surface area (Å²) in [5.74, 6) is 0.761. The van der Waals surface area contributed by atoms with Crippen LogP contribution in [0.5, 0.6) is 0 Å². The van der Waals surface area contributed by atoms with Gasteiger partial charge in [0.05, 0.1) is 5.69 Å². The van der Waals surface area contributed by atoms with Gasteiger partial charge in [-0.2, -0.15) is 0 Å². The van der Waals surface area contributed by atoms with Crippen molar-refractivity contribution in [2.45, 2.75) is 44.9 Å². The Morgan fingerprint density at radius 1 is 1.05 bits per heavy atom. The summed E-state index contributed by atoms with van der Waals surface area (Å²) in [5, 5.41) is 0. The van der Waals surface area contributed by atoms with E-state index in [4.69, 9.17) is 0 Å². The number of aromatic nitrogens is 1. The van der Waals surface area contributed by atoms with Crippen LogP contribution in [0.15, 0.2) is 42.6 Å². The van der Waals surface area contributed by atoms with E-state index in [9.17, 15) is 0 Å². The highest BCUT2D eigenvalue weighted by atomic mass is 14.7. The zero-order valence-corrected chi connectivity index (χ0v) is 11.6. The molecule has 1 heterocycles. The molecule has 19 heavy (non-hydrogen) atoms. The molecule has 1 aliphatic rings. The molecule has 1 aromatic heterocycles. The quantitative estimate of drug-likeness (QED) is 0.750. The van der Waals surface area contributed by atoms with E-state index in [0.717, 1.165) is 18.0 Å². The standard InChI is InChI=1S/C18H21N/c1-2-14-7-9-16(10-8-14)18-13-17(11-12-19-18)15-5-3-4-6-15/h7-13,15H,2-6H2,1H3. The van der Waals surface area contributed by atoms with Crippen molar-refractivity contribution >= 4 is 0 Å². The molecule has 1 saturated carbocycles. The fraction of sp³-hybridized carbons (Fsp3) is 0.389. The van der Waals surface area contributed by atoms with Crippen molar-refractivity contribution in [3.05, 3.63) is 53.7 Å². The number of rotatable bonds is 3. The summed E-state index contributed by atoms with van der Waals surface area (Å²) in [7, 11) is 0. The molecule has 1 aliphatic carbocycles. The first-order chi connectivity index (χ1) is 9.36. The Hall–Kier alpha value is -1.63. The molecule has 0 atom stereocenters. The Morgan fingerprint density at radius 2 is 1.79 bits per heavy atom. The van der Waals surface area contributed by atoms with Crippen molar-refractivity contribution in [3.63, 3.8) is 0 Å². The number of hydrogen-bond donors (Lipinski definition) is 0. The molecule has 2 aromatic rings. The Balaban J connectivity index is 1.89. The monoisotopic (exact) mass is 251 g/mol. The van der Waals surface area contributed by atoms with E-state index in [0.29, 0.717) is 0 Å². The second kappa shape index (κ2) is 5.56. The summed E-state index contributed by atoms with van der Waals surface area (Å²) >= 11 is 0. The molecule has 0 spiro atoms. The van der Waals surface area contributed by atoms with E-state index in [1.54, 1.807) is 0 Å². The van der Waals surface area contributed by atoms with Gasteiger partial charge in [0.25, 0.3) is 0 Å².